The number of nitrogens with zero attached hydrogens (tertiary/aromatic N) is 8. The van der Waals surface area contributed by atoms with Crippen LogP contribution in [0.2, 0.25) is 0 Å². The first kappa shape index (κ1) is 47.5. The van der Waals surface area contributed by atoms with Gasteiger partial charge in [0.2, 0.25) is 0 Å². The van der Waals surface area contributed by atoms with Gasteiger partial charge in [-0.05, 0) is 136 Å². The summed E-state index contributed by atoms with van der Waals surface area (Å²) in [5, 5.41) is 66.1. The van der Waals surface area contributed by atoms with E-state index in [1.807, 2.05) is 132 Å². The summed E-state index contributed by atoms with van der Waals surface area (Å²) in [4.78, 5) is 0. The topological polar surface area (TPSA) is 153 Å². The fourth-order valence-electron chi connectivity index (χ4n) is 11.0. The summed E-state index contributed by atoms with van der Waals surface area (Å²) >= 11 is 0. The summed E-state index contributed by atoms with van der Waals surface area (Å²) in [5.74, 6) is 0. The lowest BCUT2D eigenvalue weighted by atomic mass is 9.90. The molecule has 12 aromatic rings. The number of halogens is 3. The predicted molar refractivity (Wildman–Crippen MR) is 296 cm³/mol. The maximum Gasteiger partial charge on any atom is 0.417 e. The van der Waals surface area contributed by atoms with E-state index in [1.165, 1.54) is 18.2 Å². The molecule has 0 aliphatic rings. The summed E-state index contributed by atoms with van der Waals surface area (Å²) in [7, 11) is 0. The normalized spacial score (nSPS) is 11.2. The van der Waals surface area contributed by atoms with Crippen molar-refractivity contribution in [3.05, 3.63) is 239 Å². The second-order valence-corrected chi connectivity index (χ2v) is 18.5. The van der Waals surface area contributed by atoms with E-state index in [0.717, 1.165) is 28.0 Å². The van der Waals surface area contributed by atoms with Crippen LogP contribution in [0.4, 0.5) is 13.2 Å². The van der Waals surface area contributed by atoms with Crippen LogP contribution >= 0.6 is 0 Å². The Hall–Kier alpha value is -11.5. The number of aromatic nitrogens is 2. The van der Waals surface area contributed by atoms with Gasteiger partial charge >= 0.3 is 6.18 Å². The number of hydrogen-bond donors (Lipinski definition) is 0. The summed E-state index contributed by atoms with van der Waals surface area (Å²) < 4.78 is 50.3. The molecule has 11 heteroatoms. The monoisotopic (exact) mass is 1010 g/mol. The van der Waals surface area contributed by atoms with Crippen LogP contribution in [0.1, 0.15) is 38.9 Å². The second-order valence-electron chi connectivity index (χ2n) is 18.5. The Kier molecular flexibility index (Phi) is 11.4. The molecule has 0 radical (unpaired) electrons. The van der Waals surface area contributed by atoms with Gasteiger partial charge in [-0.25, -0.2) is 0 Å². The fraction of sp³-hybridized carbons (Fsp3) is 0.0149. The largest absolute Gasteiger partial charge is 0.417 e. The molecule has 0 N–H and O–H groups in total. The van der Waals surface area contributed by atoms with Crippen molar-refractivity contribution in [1.82, 2.24) is 9.13 Å². The first-order chi connectivity index (χ1) is 38.1. The maximum absolute atomic E-state index is 15.5. The van der Waals surface area contributed by atoms with Crippen molar-refractivity contribution >= 4 is 43.6 Å². The van der Waals surface area contributed by atoms with Gasteiger partial charge in [0, 0.05) is 32.7 Å². The molecule has 362 valence electrons. The molecule has 2 aromatic heterocycles. The van der Waals surface area contributed by atoms with E-state index in [4.69, 9.17) is 0 Å². The zero-order chi connectivity index (χ0) is 53.8. The van der Waals surface area contributed by atoms with Gasteiger partial charge in [0.25, 0.3) is 0 Å². The molecule has 0 fully saturated rings. The first-order valence-electron chi connectivity index (χ1n) is 24.4. The first-order valence-corrected chi connectivity index (χ1v) is 24.4. The van der Waals surface area contributed by atoms with Gasteiger partial charge in [0.1, 0.15) is 11.6 Å². The maximum atomic E-state index is 15.5. The van der Waals surface area contributed by atoms with Gasteiger partial charge in [-0.15, -0.1) is 0 Å². The molecule has 0 aliphatic carbocycles. The van der Waals surface area contributed by atoms with Crippen molar-refractivity contribution in [1.29, 1.82) is 31.6 Å². The number of fused-ring (bicyclic) bond motifs is 6. The van der Waals surface area contributed by atoms with E-state index in [0.29, 0.717) is 94.2 Å². The highest BCUT2D eigenvalue weighted by Crippen LogP contribution is 2.48. The Balaban J connectivity index is 1.24. The Morgan fingerprint density at radius 2 is 0.667 bits per heavy atom. The molecular weight excluding hydrogens is 974 g/mol. The quantitative estimate of drug-likeness (QED) is 0.155. The molecule has 78 heavy (non-hydrogen) atoms. The molecule has 8 nitrogen and oxygen atoms in total. The highest BCUT2D eigenvalue weighted by Gasteiger charge is 2.37. The van der Waals surface area contributed by atoms with Crippen LogP contribution in [0.15, 0.2) is 200 Å². The predicted octanol–water partition coefficient (Wildman–Crippen LogP) is 16.5. The van der Waals surface area contributed by atoms with Crippen LogP contribution < -0.4 is 0 Å². The molecule has 0 amide bonds. The molecule has 0 bridgehead atoms. The Bertz CT molecular complexity index is 4590. The van der Waals surface area contributed by atoms with Crippen molar-refractivity contribution < 1.29 is 13.2 Å². The summed E-state index contributed by atoms with van der Waals surface area (Å²) in [6.07, 6.45) is -4.94. The standard InChI is InChI=1S/C67H33F3N8/c68-67(69,70)59-19-9-14-48(38-75)65(59)53-24-29-64(77-60-25-20-40(49-15-5-1-10-44(49)34-71)30-54(60)55-31-41(21-26-61(55)77)50-16-6-2-11-45(50)35-72)58(39-76)66(53)78-62-27-22-42(51-17-7-3-12-46(51)36-73)32-56(62)57-33-43(23-28-63(57)78)52-18-8-4-13-47(52)37-74/h1-33H. The van der Waals surface area contributed by atoms with Crippen molar-refractivity contribution in [3.8, 4) is 103 Å². The number of rotatable bonds is 7. The lowest BCUT2D eigenvalue weighted by molar-refractivity contribution is -0.137. The molecule has 2 heterocycles. The van der Waals surface area contributed by atoms with E-state index < -0.39 is 17.3 Å². The van der Waals surface area contributed by atoms with Gasteiger partial charge in [0.15, 0.2) is 0 Å². The summed E-state index contributed by atoms with van der Waals surface area (Å²) in [6.45, 7) is 0. The van der Waals surface area contributed by atoms with Crippen molar-refractivity contribution in [3.63, 3.8) is 0 Å². The summed E-state index contributed by atoms with van der Waals surface area (Å²) in [6, 6.07) is 71.7. The minimum Gasteiger partial charge on any atom is -0.308 e. The van der Waals surface area contributed by atoms with Crippen molar-refractivity contribution in [2.24, 2.45) is 0 Å². The second kappa shape index (κ2) is 18.8. The van der Waals surface area contributed by atoms with E-state index in [1.54, 1.807) is 59.2 Å². The molecule has 0 aliphatic heterocycles. The van der Waals surface area contributed by atoms with E-state index in [2.05, 4.69) is 30.3 Å². The van der Waals surface area contributed by atoms with Gasteiger partial charge in [-0.1, -0.05) is 109 Å². The molecule has 0 unspecified atom stereocenters. The highest BCUT2D eigenvalue weighted by molar-refractivity contribution is 6.14. The number of benzene rings is 10. The Labute approximate surface area is 444 Å². The number of hydrogen-bond acceptors (Lipinski definition) is 6. The van der Waals surface area contributed by atoms with Crippen LogP contribution in [0.5, 0.6) is 0 Å². The van der Waals surface area contributed by atoms with Crippen LogP contribution in [-0.4, -0.2) is 9.13 Å². The van der Waals surface area contributed by atoms with E-state index in [-0.39, 0.29) is 22.4 Å². The zero-order valence-electron chi connectivity index (χ0n) is 40.8. The Morgan fingerprint density at radius 3 is 1.01 bits per heavy atom. The third-order valence-corrected chi connectivity index (χ3v) is 14.5. The minimum absolute atomic E-state index is 0.0263. The molecule has 0 saturated carbocycles. The number of alkyl halides is 3. The summed E-state index contributed by atoms with van der Waals surface area (Å²) in [5.41, 5.74) is 8.11. The molecule has 0 atom stereocenters. The molecular formula is C67H33F3N8. The smallest absolute Gasteiger partial charge is 0.308 e. The molecule has 0 saturated heterocycles. The van der Waals surface area contributed by atoms with Crippen molar-refractivity contribution in [2.45, 2.75) is 6.18 Å². The van der Waals surface area contributed by atoms with Gasteiger partial charge < -0.3 is 9.13 Å². The van der Waals surface area contributed by atoms with E-state index in [9.17, 15) is 31.6 Å². The van der Waals surface area contributed by atoms with Crippen molar-refractivity contribution in [2.75, 3.05) is 0 Å². The molecule has 0 spiro atoms. The van der Waals surface area contributed by atoms with Gasteiger partial charge in [-0.2, -0.15) is 44.7 Å². The van der Waals surface area contributed by atoms with Crippen LogP contribution in [0, 0.1) is 68.0 Å². The third-order valence-electron chi connectivity index (χ3n) is 14.5. The zero-order valence-corrected chi connectivity index (χ0v) is 40.8. The number of nitriles is 6. The highest BCUT2D eigenvalue weighted by atomic mass is 19.4. The van der Waals surface area contributed by atoms with Crippen LogP contribution in [-0.2, 0) is 6.18 Å². The third kappa shape index (κ3) is 7.57. The SMILES string of the molecule is N#Cc1ccccc1-c1ccc2c(c1)c1cc(-c3ccccc3C#N)ccc1n2-c1ccc(-c2c(C#N)cccc2C(F)(F)F)c(-n2c3ccc(-c4ccccc4C#N)cc3c3cc(-c4ccccc4C#N)ccc32)c1C#N. The average molecular weight is 1010 g/mol. The molecule has 10 aromatic carbocycles. The Morgan fingerprint density at radius 1 is 0.321 bits per heavy atom. The fourth-order valence-corrected chi connectivity index (χ4v) is 11.0. The average Bonchev–Trinajstić information content (AvgIpc) is 4.22. The minimum atomic E-state index is -4.94. The lowest BCUT2D eigenvalue weighted by Gasteiger charge is -2.22. The van der Waals surface area contributed by atoms with Crippen LogP contribution in [0.25, 0.3) is 111 Å². The van der Waals surface area contributed by atoms with E-state index >= 15 is 13.2 Å². The molecule has 12 rings (SSSR count). The van der Waals surface area contributed by atoms with Crippen LogP contribution in [0.3, 0.4) is 0 Å². The van der Waals surface area contributed by atoms with Gasteiger partial charge in [0.05, 0.1) is 97.2 Å². The van der Waals surface area contributed by atoms with Gasteiger partial charge in [-0.3, -0.25) is 0 Å². The lowest BCUT2D eigenvalue weighted by Crippen LogP contribution is -2.11.